The Morgan fingerprint density at radius 1 is 1.19 bits per heavy atom. The number of benzene rings is 1. The number of aromatic nitrogens is 2. The van der Waals surface area contributed by atoms with Gasteiger partial charge in [0.2, 0.25) is 5.96 Å². The lowest BCUT2D eigenvalue weighted by Crippen LogP contribution is -2.25. The van der Waals surface area contributed by atoms with Crippen LogP contribution in [-0.4, -0.2) is 47.0 Å². The van der Waals surface area contributed by atoms with Crippen LogP contribution in [0, 0.1) is 6.92 Å². The molecule has 8 heteroatoms. The van der Waals surface area contributed by atoms with Gasteiger partial charge in [0.1, 0.15) is 5.82 Å². The molecule has 0 radical (unpaired) electrons. The minimum absolute atomic E-state index is 0.218. The molecule has 0 aliphatic rings. The van der Waals surface area contributed by atoms with Crippen molar-refractivity contribution in [2.75, 3.05) is 36.8 Å². The number of nitrogens with zero attached hydrogens (tertiary/aromatic N) is 4. The fourth-order valence-corrected chi connectivity index (χ4v) is 2.70. The molecule has 2 rings (SSSR count). The maximum Gasteiger partial charge on any atom is 0.254 e. The average Bonchev–Trinajstić information content (AvgIpc) is 2.63. The molecule has 0 saturated carbocycles. The van der Waals surface area contributed by atoms with Gasteiger partial charge in [-0.1, -0.05) is 25.4 Å². The van der Waals surface area contributed by atoms with Crippen LogP contribution in [0.2, 0.25) is 5.02 Å². The highest BCUT2D eigenvalue weighted by atomic mass is 35.5. The largest absolute Gasteiger partial charge is 0.370 e. The second-order valence-corrected chi connectivity index (χ2v) is 6.57. The van der Waals surface area contributed by atoms with Crippen molar-refractivity contribution in [1.29, 1.82) is 0 Å². The molecule has 0 fully saturated rings. The minimum Gasteiger partial charge on any atom is -0.370 e. The second kappa shape index (κ2) is 10.7. The Bertz CT molecular complexity index is 742. The molecule has 4 N–H and O–H groups in total. The highest BCUT2D eigenvalue weighted by Crippen LogP contribution is 2.15. The van der Waals surface area contributed by atoms with Crippen LogP contribution < -0.4 is 16.4 Å². The third-order valence-corrected chi connectivity index (χ3v) is 4.28. The van der Waals surface area contributed by atoms with Crippen molar-refractivity contribution in [2.45, 2.75) is 27.2 Å². The summed E-state index contributed by atoms with van der Waals surface area (Å²) in [5.41, 5.74) is 7.58. The topological polar surface area (TPSA) is 91.5 Å². The highest BCUT2D eigenvalue weighted by Gasteiger charge is 2.04. The molecule has 0 spiro atoms. The Labute approximate surface area is 166 Å². The normalized spacial score (nSPS) is 11.7. The summed E-state index contributed by atoms with van der Waals surface area (Å²) >= 11 is 5.88. The summed E-state index contributed by atoms with van der Waals surface area (Å²) in [5.74, 6) is 1.29. The maximum absolute atomic E-state index is 5.96. The van der Waals surface area contributed by atoms with Crippen molar-refractivity contribution >= 4 is 35.0 Å². The predicted molar refractivity (Wildman–Crippen MR) is 114 cm³/mol. The first kappa shape index (κ1) is 20.9. The molecule has 0 atom stereocenters. The van der Waals surface area contributed by atoms with Gasteiger partial charge in [0.25, 0.3) is 5.95 Å². The molecule has 0 unspecified atom stereocenters. The lowest BCUT2D eigenvalue weighted by atomic mass is 10.3. The second-order valence-electron chi connectivity index (χ2n) is 6.13. The summed E-state index contributed by atoms with van der Waals surface area (Å²) in [6, 6.07) is 9.11. The van der Waals surface area contributed by atoms with Crippen LogP contribution in [0.1, 0.15) is 26.0 Å². The van der Waals surface area contributed by atoms with Crippen LogP contribution in [-0.2, 0) is 0 Å². The molecule has 0 aliphatic carbocycles. The van der Waals surface area contributed by atoms with E-state index < -0.39 is 0 Å². The standard InChI is InChI=1S/C19H28ClN7/c1-4-27(5-2)12-6-11-22-17-13-14(3)23-19(25-17)26-18(21)24-16-9-7-15(20)8-10-16/h7-10,13H,4-6,11-12H2,1-3H3,(H4,21,22,23,24,25,26). The average molecular weight is 390 g/mol. The Morgan fingerprint density at radius 3 is 2.56 bits per heavy atom. The molecule has 0 aliphatic heterocycles. The van der Waals surface area contributed by atoms with E-state index in [9.17, 15) is 0 Å². The Morgan fingerprint density at radius 2 is 1.89 bits per heavy atom. The number of halogens is 1. The van der Waals surface area contributed by atoms with Crippen LogP contribution in [0.25, 0.3) is 0 Å². The maximum atomic E-state index is 5.96. The lowest BCUT2D eigenvalue weighted by Gasteiger charge is -2.17. The third-order valence-electron chi connectivity index (χ3n) is 4.03. The van der Waals surface area contributed by atoms with Crippen LogP contribution >= 0.6 is 11.6 Å². The number of aryl methyl sites for hydroxylation is 1. The summed E-state index contributed by atoms with van der Waals surface area (Å²) in [4.78, 5) is 15.4. The van der Waals surface area contributed by atoms with E-state index in [-0.39, 0.29) is 5.96 Å². The number of hydrogen-bond donors (Lipinski definition) is 3. The van der Waals surface area contributed by atoms with Gasteiger partial charge in [-0.25, -0.2) is 4.98 Å². The zero-order valence-electron chi connectivity index (χ0n) is 16.2. The fourth-order valence-electron chi connectivity index (χ4n) is 2.57. The molecule has 1 aromatic heterocycles. The molecular formula is C19H28ClN7. The number of guanidine groups is 1. The zero-order chi connectivity index (χ0) is 19.6. The van der Waals surface area contributed by atoms with Crippen LogP contribution in [0.4, 0.5) is 17.5 Å². The van der Waals surface area contributed by atoms with Crippen molar-refractivity contribution in [2.24, 2.45) is 10.7 Å². The summed E-state index contributed by atoms with van der Waals surface area (Å²) in [6.45, 7) is 10.3. The van der Waals surface area contributed by atoms with Gasteiger partial charge < -0.3 is 21.3 Å². The van der Waals surface area contributed by atoms with Crippen molar-refractivity contribution in [1.82, 2.24) is 14.9 Å². The first-order valence-electron chi connectivity index (χ1n) is 9.18. The fraction of sp³-hybridized carbons (Fsp3) is 0.421. The monoisotopic (exact) mass is 389 g/mol. The van der Waals surface area contributed by atoms with Gasteiger partial charge in [0, 0.05) is 29.0 Å². The summed E-state index contributed by atoms with van der Waals surface area (Å²) < 4.78 is 0. The first-order chi connectivity index (χ1) is 13.0. The number of nitrogens with one attached hydrogen (secondary N) is 2. The lowest BCUT2D eigenvalue weighted by molar-refractivity contribution is 0.303. The van der Waals surface area contributed by atoms with Crippen LogP contribution in [0.3, 0.4) is 0 Å². The van der Waals surface area contributed by atoms with Gasteiger partial charge >= 0.3 is 0 Å². The van der Waals surface area contributed by atoms with E-state index in [4.69, 9.17) is 17.3 Å². The molecule has 0 saturated heterocycles. The van der Waals surface area contributed by atoms with E-state index >= 15 is 0 Å². The molecule has 7 nitrogen and oxygen atoms in total. The summed E-state index contributed by atoms with van der Waals surface area (Å²) in [7, 11) is 0. The Hall–Kier alpha value is -2.38. The van der Waals surface area contributed by atoms with Crippen molar-refractivity contribution in [3.63, 3.8) is 0 Å². The number of rotatable bonds is 9. The molecule has 27 heavy (non-hydrogen) atoms. The smallest absolute Gasteiger partial charge is 0.254 e. The van der Waals surface area contributed by atoms with Gasteiger partial charge in [0.05, 0.1) is 0 Å². The Balaban J connectivity index is 1.95. The van der Waals surface area contributed by atoms with Crippen molar-refractivity contribution in [3.8, 4) is 0 Å². The zero-order valence-corrected chi connectivity index (χ0v) is 16.9. The van der Waals surface area contributed by atoms with Gasteiger partial charge in [-0.05, 0) is 57.2 Å². The first-order valence-corrected chi connectivity index (χ1v) is 9.56. The number of aliphatic imine (C=N–C) groups is 1. The van der Waals surface area contributed by atoms with Crippen molar-refractivity contribution < 1.29 is 0 Å². The van der Waals surface area contributed by atoms with Gasteiger partial charge in [-0.3, -0.25) is 0 Å². The molecule has 1 aromatic carbocycles. The molecule has 1 heterocycles. The predicted octanol–water partition coefficient (Wildman–Crippen LogP) is 3.64. The number of anilines is 2. The van der Waals surface area contributed by atoms with E-state index in [0.29, 0.717) is 11.0 Å². The van der Waals surface area contributed by atoms with E-state index in [1.54, 1.807) is 12.1 Å². The molecule has 0 amide bonds. The number of nitrogens with two attached hydrogens (primary N) is 1. The van der Waals surface area contributed by atoms with Gasteiger partial charge in [-0.15, -0.1) is 0 Å². The van der Waals surface area contributed by atoms with Crippen LogP contribution in [0.5, 0.6) is 0 Å². The highest BCUT2D eigenvalue weighted by molar-refractivity contribution is 6.30. The van der Waals surface area contributed by atoms with Crippen LogP contribution in [0.15, 0.2) is 35.3 Å². The van der Waals surface area contributed by atoms with E-state index in [0.717, 1.165) is 49.8 Å². The Kier molecular flexibility index (Phi) is 8.29. The molecular weight excluding hydrogens is 362 g/mol. The van der Waals surface area contributed by atoms with E-state index in [1.807, 2.05) is 25.1 Å². The summed E-state index contributed by atoms with van der Waals surface area (Å²) in [6.07, 6.45) is 1.05. The third kappa shape index (κ3) is 7.40. The van der Waals surface area contributed by atoms with E-state index in [2.05, 4.69) is 44.3 Å². The van der Waals surface area contributed by atoms with Crippen molar-refractivity contribution in [3.05, 3.63) is 41.0 Å². The molecule has 0 bridgehead atoms. The molecule has 146 valence electrons. The van der Waals surface area contributed by atoms with Gasteiger partial charge in [-0.2, -0.15) is 9.98 Å². The SMILES string of the molecule is CCN(CC)CCCNc1cc(C)nc(/N=C(\N)Nc2ccc(Cl)cc2)n1. The molecule has 2 aromatic rings. The van der Waals surface area contributed by atoms with E-state index in [1.165, 1.54) is 0 Å². The summed E-state index contributed by atoms with van der Waals surface area (Å²) in [5, 5.41) is 6.99. The minimum atomic E-state index is 0.218. The quantitative estimate of drug-likeness (QED) is 0.344. The van der Waals surface area contributed by atoms with Gasteiger partial charge in [0.15, 0.2) is 0 Å². The number of hydrogen-bond acceptors (Lipinski definition) is 5.